The molecule has 0 saturated heterocycles. The van der Waals surface area contributed by atoms with Crippen LogP contribution in [-0.2, 0) is 11.2 Å². The molecule has 138 valence electrons. The van der Waals surface area contributed by atoms with E-state index in [2.05, 4.69) is 20.4 Å². The van der Waals surface area contributed by atoms with Crippen molar-refractivity contribution in [3.63, 3.8) is 0 Å². The fraction of sp³-hybridized carbons (Fsp3) is 0.118. The lowest BCUT2D eigenvalue weighted by Gasteiger charge is -2.12. The molecule has 1 atom stereocenters. The molecule has 0 aliphatic heterocycles. The molecule has 0 radical (unpaired) electrons. The minimum absolute atomic E-state index is 0.0551. The zero-order chi connectivity index (χ0) is 19.4. The van der Waals surface area contributed by atoms with Crippen molar-refractivity contribution in [3.05, 3.63) is 59.9 Å². The summed E-state index contributed by atoms with van der Waals surface area (Å²) in [7, 11) is 0. The van der Waals surface area contributed by atoms with Gasteiger partial charge in [-0.1, -0.05) is 17.3 Å². The number of aromatic nitrogens is 3. The standard InChI is InChI=1S/C17H14FN5O4/c18-9-5-6-13(20-8-9)15-22-14(27-23-15)7-11(19)16(24)21-12-4-2-1-3-10(12)17(25)26/h1-6,8,11H,7,19H2,(H,21,24)(H,25,26)/t11-/m0/s1. The van der Waals surface area contributed by atoms with Gasteiger partial charge >= 0.3 is 5.97 Å². The van der Waals surface area contributed by atoms with Gasteiger partial charge in [0.2, 0.25) is 17.6 Å². The fourth-order valence-electron chi connectivity index (χ4n) is 2.23. The van der Waals surface area contributed by atoms with Crippen LogP contribution in [0.3, 0.4) is 0 Å². The number of halogens is 1. The number of carbonyl (C=O) groups is 2. The van der Waals surface area contributed by atoms with Crippen LogP contribution in [0.15, 0.2) is 47.1 Å². The number of anilines is 1. The van der Waals surface area contributed by atoms with E-state index in [0.29, 0.717) is 5.69 Å². The molecule has 0 aliphatic carbocycles. The monoisotopic (exact) mass is 371 g/mol. The van der Waals surface area contributed by atoms with Crippen LogP contribution < -0.4 is 11.1 Å². The molecule has 2 heterocycles. The molecule has 3 rings (SSSR count). The Labute approximate surface area is 152 Å². The Morgan fingerprint density at radius 2 is 2.04 bits per heavy atom. The first kappa shape index (κ1) is 18.1. The van der Waals surface area contributed by atoms with Crippen molar-refractivity contribution in [3.8, 4) is 11.5 Å². The van der Waals surface area contributed by atoms with Crippen LogP contribution in [0.25, 0.3) is 11.5 Å². The predicted molar refractivity (Wildman–Crippen MR) is 91.2 cm³/mol. The average Bonchev–Trinajstić information content (AvgIpc) is 3.11. The second-order valence-electron chi connectivity index (χ2n) is 5.52. The number of hydrogen-bond acceptors (Lipinski definition) is 7. The van der Waals surface area contributed by atoms with Gasteiger partial charge < -0.3 is 20.7 Å². The highest BCUT2D eigenvalue weighted by atomic mass is 19.1. The van der Waals surface area contributed by atoms with Crippen molar-refractivity contribution in [2.24, 2.45) is 5.73 Å². The number of rotatable bonds is 6. The molecule has 2 aromatic heterocycles. The van der Waals surface area contributed by atoms with E-state index < -0.39 is 23.7 Å². The van der Waals surface area contributed by atoms with Gasteiger partial charge in [0, 0.05) is 0 Å². The van der Waals surface area contributed by atoms with Crippen LogP contribution in [0.2, 0.25) is 0 Å². The number of nitrogens with one attached hydrogen (secondary N) is 1. The third-order valence-corrected chi connectivity index (χ3v) is 3.57. The molecular weight excluding hydrogens is 357 g/mol. The van der Waals surface area contributed by atoms with Crippen molar-refractivity contribution in [2.45, 2.75) is 12.5 Å². The predicted octanol–water partition coefficient (Wildman–Crippen LogP) is 1.48. The van der Waals surface area contributed by atoms with E-state index in [1.165, 1.54) is 24.3 Å². The highest BCUT2D eigenvalue weighted by molar-refractivity contribution is 6.02. The summed E-state index contributed by atoms with van der Waals surface area (Å²) < 4.78 is 17.9. The van der Waals surface area contributed by atoms with E-state index in [0.717, 1.165) is 6.20 Å². The SMILES string of the molecule is N[C@@H](Cc1nc(-c2ccc(F)cn2)no1)C(=O)Nc1ccccc1C(=O)O. The van der Waals surface area contributed by atoms with E-state index in [9.17, 15) is 14.0 Å². The Hall–Kier alpha value is -3.66. The van der Waals surface area contributed by atoms with E-state index in [-0.39, 0.29) is 29.4 Å². The number of nitrogens with two attached hydrogens (primary N) is 1. The smallest absolute Gasteiger partial charge is 0.337 e. The van der Waals surface area contributed by atoms with Gasteiger partial charge in [-0.3, -0.25) is 4.79 Å². The number of para-hydroxylation sites is 1. The fourth-order valence-corrected chi connectivity index (χ4v) is 2.23. The van der Waals surface area contributed by atoms with Gasteiger partial charge in [0.25, 0.3) is 0 Å². The summed E-state index contributed by atoms with van der Waals surface area (Å²) in [5, 5.41) is 15.3. The normalized spacial score (nSPS) is 11.8. The number of benzene rings is 1. The molecule has 9 nitrogen and oxygen atoms in total. The van der Waals surface area contributed by atoms with Crippen LogP contribution >= 0.6 is 0 Å². The maximum absolute atomic E-state index is 12.9. The van der Waals surface area contributed by atoms with Gasteiger partial charge in [-0.2, -0.15) is 4.98 Å². The lowest BCUT2D eigenvalue weighted by molar-refractivity contribution is -0.117. The molecule has 1 aromatic carbocycles. The van der Waals surface area contributed by atoms with Crippen molar-refractivity contribution in [1.82, 2.24) is 15.1 Å². The van der Waals surface area contributed by atoms with Crippen molar-refractivity contribution < 1.29 is 23.6 Å². The van der Waals surface area contributed by atoms with E-state index in [4.69, 9.17) is 15.4 Å². The van der Waals surface area contributed by atoms with E-state index in [1.54, 1.807) is 12.1 Å². The highest BCUT2D eigenvalue weighted by Crippen LogP contribution is 2.16. The third-order valence-electron chi connectivity index (χ3n) is 3.57. The Kier molecular flexibility index (Phi) is 5.18. The Balaban J connectivity index is 1.67. The molecule has 0 saturated carbocycles. The molecule has 1 amide bonds. The third kappa shape index (κ3) is 4.30. The van der Waals surface area contributed by atoms with Gasteiger partial charge in [0.05, 0.1) is 29.9 Å². The number of aromatic carboxylic acids is 1. The van der Waals surface area contributed by atoms with Gasteiger partial charge in [0.1, 0.15) is 11.5 Å². The largest absolute Gasteiger partial charge is 0.478 e. The first-order chi connectivity index (χ1) is 12.9. The first-order valence-corrected chi connectivity index (χ1v) is 7.77. The molecule has 4 N–H and O–H groups in total. The van der Waals surface area contributed by atoms with Crippen LogP contribution in [0, 0.1) is 5.82 Å². The summed E-state index contributed by atoms with van der Waals surface area (Å²) in [4.78, 5) is 31.3. The van der Waals surface area contributed by atoms with Gasteiger partial charge in [0.15, 0.2) is 0 Å². The Bertz CT molecular complexity index is 973. The van der Waals surface area contributed by atoms with Crippen LogP contribution in [0.5, 0.6) is 0 Å². The summed E-state index contributed by atoms with van der Waals surface area (Å²) in [5.74, 6) is -2.06. The number of carboxylic acid groups (broad SMARTS) is 1. The van der Waals surface area contributed by atoms with Crippen molar-refractivity contribution in [2.75, 3.05) is 5.32 Å². The molecule has 27 heavy (non-hydrogen) atoms. The van der Waals surface area contributed by atoms with Crippen molar-refractivity contribution >= 4 is 17.6 Å². The minimum Gasteiger partial charge on any atom is -0.478 e. The summed E-state index contributed by atoms with van der Waals surface area (Å²) in [5.41, 5.74) is 6.22. The molecule has 3 aromatic rings. The number of carbonyl (C=O) groups excluding carboxylic acids is 1. The number of hydrogen-bond donors (Lipinski definition) is 3. The van der Waals surface area contributed by atoms with Gasteiger partial charge in [-0.05, 0) is 24.3 Å². The van der Waals surface area contributed by atoms with Crippen LogP contribution in [0.4, 0.5) is 10.1 Å². The molecule has 0 aliphatic rings. The summed E-state index contributed by atoms with van der Waals surface area (Å²) >= 11 is 0. The highest BCUT2D eigenvalue weighted by Gasteiger charge is 2.20. The number of carboxylic acids is 1. The number of nitrogens with zero attached hydrogens (tertiary/aromatic N) is 3. The van der Waals surface area contributed by atoms with Crippen molar-refractivity contribution in [1.29, 1.82) is 0 Å². The maximum Gasteiger partial charge on any atom is 0.337 e. The molecule has 0 unspecified atom stereocenters. The lowest BCUT2D eigenvalue weighted by atomic mass is 10.1. The summed E-state index contributed by atoms with van der Waals surface area (Å²) in [6.45, 7) is 0. The van der Waals surface area contributed by atoms with E-state index in [1.807, 2.05) is 0 Å². The van der Waals surface area contributed by atoms with E-state index >= 15 is 0 Å². The summed E-state index contributed by atoms with van der Waals surface area (Å²) in [6, 6.07) is 7.50. The zero-order valence-corrected chi connectivity index (χ0v) is 13.8. The first-order valence-electron chi connectivity index (χ1n) is 7.77. The second-order valence-corrected chi connectivity index (χ2v) is 5.52. The Morgan fingerprint density at radius 3 is 2.74 bits per heavy atom. The minimum atomic E-state index is -1.17. The number of amides is 1. The number of pyridine rings is 1. The van der Waals surface area contributed by atoms with Gasteiger partial charge in [-0.25, -0.2) is 14.2 Å². The zero-order valence-electron chi connectivity index (χ0n) is 13.8. The van der Waals surface area contributed by atoms with Crippen LogP contribution in [0.1, 0.15) is 16.2 Å². The second kappa shape index (κ2) is 7.70. The van der Waals surface area contributed by atoms with Crippen LogP contribution in [-0.4, -0.2) is 38.1 Å². The molecule has 0 spiro atoms. The topological polar surface area (TPSA) is 144 Å². The lowest BCUT2D eigenvalue weighted by Crippen LogP contribution is -2.37. The molecule has 0 bridgehead atoms. The quantitative estimate of drug-likeness (QED) is 0.591. The molecular formula is C17H14FN5O4. The Morgan fingerprint density at radius 1 is 1.26 bits per heavy atom. The molecule has 0 fully saturated rings. The van der Waals surface area contributed by atoms with Gasteiger partial charge in [-0.15, -0.1) is 0 Å². The summed E-state index contributed by atoms with van der Waals surface area (Å²) in [6.07, 6.45) is 0.944. The molecule has 10 heteroatoms. The average molecular weight is 371 g/mol. The maximum atomic E-state index is 12.9.